The molecule has 2 nitrogen and oxygen atoms in total. The van der Waals surface area contributed by atoms with E-state index in [4.69, 9.17) is 35.4 Å². The van der Waals surface area contributed by atoms with Gasteiger partial charge in [0.1, 0.15) is 0 Å². The summed E-state index contributed by atoms with van der Waals surface area (Å²) in [6, 6.07) is 5.42. The highest BCUT2D eigenvalue weighted by Crippen LogP contribution is 2.29. The summed E-state index contributed by atoms with van der Waals surface area (Å²) in [5, 5.41) is 1.19. The van der Waals surface area contributed by atoms with Crippen LogP contribution >= 0.6 is 35.4 Å². The third-order valence-corrected chi connectivity index (χ3v) is 3.29. The molecule has 0 aliphatic rings. The molecule has 0 atom stereocenters. The van der Waals surface area contributed by atoms with Crippen molar-refractivity contribution in [3.8, 4) is 5.69 Å². The molecular formula is C11H10Cl2N2S. The van der Waals surface area contributed by atoms with Crippen LogP contribution in [0.2, 0.25) is 10.0 Å². The summed E-state index contributed by atoms with van der Waals surface area (Å²) in [7, 11) is 0. The van der Waals surface area contributed by atoms with Gasteiger partial charge in [0.15, 0.2) is 4.77 Å². The summed E-state index contributed by atoms with van der Waals surface area (Å²) in [5.41, 5.74) is 1.80. The number of hydrogen-bond donors (Lipinski definition) is 1. The van der Waals surface area contributed by atoms with E-state index in [1.54, 1.807) is 12.1 Å². The first-order valence-electron chi connectivity index (χ1n) is 4.88. The minimum atomic E-state index is 0.595. The number of H-pyrrole nitrogens is 1. The number of aromatic nitrogens is 2. The average molecular weight is 273 g/mol. The maximum atomic E-state index is 6.16. The maximum Gasteiger partial charge on any atom is 0.182 e. The fraction of sp³-hybridized carbons (Fsp3) is 0.182. The van der Waals surface area contributed by atoms with Crippen molar-refractivity contribution >= 4 is 35.4 Å². The lowest BCUT2D eigenvalue weighted by Crippen LogP contribution is -2.00. The predicted molar refractivity (Wildman–Crippen MR) is 70.4 cm³/mol. The number of para-hydroxylation sites is 1. The summed E-state index contributed by atoms with van der Waals surface area (Å²) < 4.78 is 2.48. The number of aryl methyl sites for hydroxylation is 1. The molecule has 1 N–H and O–H groups in total. The summed E-state index contributed by atoms with van der Waals surface area (Å²) in [5.74, 6) is 0. The van der Waals surface area contributed by atoms with E-state index >= 15 is 0 Å². The largest absolute Gasteiger partial charge is 0.337 e. The number of rotatable bonds is 2. The van der Waals surface area contributed by atoms with Crippen molar-refractivity contribution in [2.75, 3.05) is 0 Å². The number of imidazole rings is 1. The third kappa shape index (κ3) is 1.90. The van der Waals surface area contributed by atoms with Gasteiger partial charge in [-0.3, -0.25) is 4.57 Å². The monoisotopic (exact) mass is 272 g/mol. The van der Waals surface area contributed by atoms with Crippen LogP contribution < -0.4 is 0 Å². The number of aromatic amines is 1. The molecule has 2 aromatic rings. The van der Waals surface area contributed by atoms with Crippen LogP contribution in [0, 0.1) is 4.77 Å². The maximum absolute atomic E-state index is 6.16. The molecule has 0 aliphatic heterocycles. The summed E-state index contributed by atoms with van der Waals surface area (Å²) in [6.07, 6.45) is 2.73. The van der Waals surface area contributed by atoms with E-state index in [1.807, 2.05) is 16.8 Å². The Kier molecular flexibility index (Phi) is 3.38. The van der Waals surface area contributed by atoms with Crippen molar-refractivity contribution in [3.63, 3.8) is 0 Å². The van der Waals surface area contributed by atoms with E-state index in [-0.39, 0.29) is 0 Å². The van der Waals surface area contributed by atoms with Crippen LogP contribution in [0.5, 0.6) is 0 Å². The lowest BCUT2D eigenvalue weighted by Gasteiger charge is -2.10. The molecule has 1 aromatic carbocycles. The van der Waals surface area contributed by atoms with E-state index in [1.165, 1.54) is 0 Å². The molecule has 0 radical (unpaired) electrons. The van der Waals surface area contributed by atoms with Crippen LogP contribution in [0.15, 0.2) is 24.4 Å². The minimum absolute atomic E-state index is 0.595. The molecule has 0 saturated carbocycles. The van der Waals surface area contributed by atoms with Gasteiger partial charge in [-0.2, -0.15) is 0 Å². The van der Waals surface area contributed by atoms with Crippen molar-refractivity contribution in [1.29, 1.82) is 0 Å². The molecule has 0 saturated heterocycles. The van der Waals surface area contributed by atoms with E-state index in [9.17, 15) is 0 Å². The molecule has 0 unspecified atom stereocenters. The van der Waals surface area contributed by atoms with Gasteiger partial charge in [-0.05, 0) is 30.8 Å². The molecule has 0 aliphatic carbocycles. The molecule has 16 heavy (non-hydrogen) atoms. The highest BCUT2D eigenvalue weighted by molar-refractivity contribution is 7.71. The lowest BCUT2D eigenvalue weighted by atomic mass is 10.3. The van der Waals surface area contributed by atoms with Crippen molar-refractivity contribution in [1.82, 2.24) is 9.55 Å². The van der Waals surface area contributed by atoms with Crippen molar-refractivity contribution < 1.29 is 0 Å². The SMILES string of the molecule is CCc1c[nH]c(=S)n1-c1c(Cl)cccc1Cl. The smallest absolute Gasteiger partial charge is 0.182 e. The molecule has 5 heteroatoms. The zero-order valence-corrected chi connectivity index (χ0v) is 11.0. The quantitative estimate of drug-likeness (QED) is 0.804. The van der Waals surface area contributed by atoms with Gasteiger partial charge < -0.3 is 4.98 Å². The summed E-state index contributed by atoms with van der Waals surface area (Å²) in [6.45, 7) is 2.05. The van der Waals surface area contributed by atoms with Gasteiger partial charge in [-0.25, -0.2) is 0 Å². The number of nitrogens with zero attached hydrogens (tertiary/aromatic N) is 1. The van der Waals surface area contributed by atoms with Gasteiger partial charge in [0.05, 0.1) is 15.7 Å². The zero-order valence-electron chi connectivity index (χ0n) is 8.63. The second-order valence-corrected chi connectivity index (χ2v) is 4.55. The first-order valence-corrected chi connectivity index (χ1v) is 6.05. The fourth-order valence-electron chi connectivity index (χ4n) is 1.61. The number of nitrogens with one attached hydrogen (secondary N) is 1. The lowest BCUT2D eigenvalue weighted by molar-refractivity contribution is 0.922. The normalized spacial score (nSPS) is 10.7. The Morgan fingerprint density at radius 3 is 2.50 bits per heavy atom. The second kappa shape index (κ2) is 4.62. The Morgan fingerprint density at radius 2 is 1.94 bits per heavy atom. The standard InChI is InChI=1S/C11H10Cl2N2S/c1-2-7-6-14-11(16)15(7)10-8(12)4-3-5-9(10)13/h3-6H,2H2,1H3,(H,14,16). The number of hydrogen-bond acceptors (Lipinski definition) is 1. The van der Waals surface area contributed by atoms with Crippen molar-refractivity contribution in [2.45, 2.75) is 13.3 Å². The molecule has 0 fully saturated rings. The predicted octanol–water partition coefficient (Wildman–Crippen LogP) is 4.40. The van der Waals surface area contributed by atoms with Gasteiger partial charge in [0.25, 0.3) is 0 Å². The summed E-state index contributed by atoms with van der Waals surface area (Å²) >= 11 is 17.5. The molecular weight excluding hydrogens is 263 g/mol. The van der Waals surface area contributed by atoms with Gasteiger partial charge in [0.2, 0.25) is 0 Å². The highest BCUT2D eigenvalue weighted by atomic mass is 35.5. The third-order valence-electron chi connectivity index (χ3n) is 2.38. The molecule has 0 bridgehead atoms. The Bertz CT molecular complexity index is 551. The van der Waals surface area contributed by atoms with Crippen LogP contribution in [0.25, 0.3) is 5.69 Å². The molecule has 2 rings (SSSR count). The van der Waals surface area contributed by atoms with Crippen LogP contribution in [-0.4, -0.2) is 9.55 Å². The molecule has 0 amide bonds. The molecule has 0 spiro atoms. The zero-order chi connectivity index (χ0) is 11.7. The first-order chi connectivity index (χ1) is 7.65. The van der Waals surface area contributed by atoms with E-state index in [2.05, 4.69) is 11.9 Å². The van der Waals surface area contributed by atoms with Crippen molar-refractivity contribution in [2.24, 2.45) is 0 Å². The Hall–Kier alpha value is -0.770. The molecule has 1 heterocycles. The Morgan fingerprint density at radius 1 is 1.31 bits per heavy atom. The van der Waals surface area contributed by atoms with Crippen LogP contribution in [0.4, 0.5) is 0 Å². The van der Waals surface area contributed by atoms with Gasteiger partial charge in [-0.15, -0.1) is 0 Å². The molecule has 1 aromatic heterocycles. The topological polar surface area (TPSA) is 20.7 Å². The highest BCUT2D eigenvalue weighted by Gasteiger charge is 2.11. The van der Waals surface area contributed by atoms with E-state index < -0.39 is 0 Å². The van der Waals surface area contributed by atoms with Gasteiger partial charge in [-0.1, -0.05) is 36.2 Å². The Balaban J connectivity index is 2.76. The fourth-order valence-corrected chi connectivity index (χ4v) is 2.45. The number of halogens is 2. The average Bonchev–Trinajstić information content (AvgIpc) is 2.60. The Labute approximate surface area is 109 Å². The van der Waals surface area contributed by atoms with E-state index in [0.717, 1.165) is 17.8 Å². The van der Waals surface area contributed by atoms with Crippen LogP contribution in [0.3, 0.4) is 0 Å². The first kappa shape index (κ1) is 11.7. The van der Waals surface area contributed by atoms with Gasteiger partial charge in [0, 0.05) is 11.9 Å². The van der Waals surface area contributed by atoms with Crippen LogP contribution in [-0.2, 0) is 6.42 Å². The van der Waals surface area contributed by atoms with Crippen LogP contribution in [0.1, 0.15) is 12.6 Å². The van der Waals surface area contributed by atoms with E-state index in [0.29, 0.717) is 14.8 Å². The number of benzene rings is 1. The molecule has 84 valence electrons. The van der Waals surface area contributed by atoms with Gasteiger partial charge >= 0.3 is 0 Å². The second-order valence-electron chi connectivity index (χ2n) is 3.34. The summed E-state index contributed by atoms with van der Waals surface area (Å²) in [4.78, 5) is 3.00. The minimum Gasteiger partial charge on any atom is -0.337 e. The van der Waals surface area contributed by atoms with Crippen molar-refractivity contribution in [3.05, 3.63) is 44.9 Å².